The second-order valence-electron chi connectivity index (χ2n) is 5.62. The molecule has 4 N–H and O–H groups in total. The quantitative estimate of drug-likeness (QED) is 0.614. The highest BCUT2D eigenvalue weighted by Gasteiger charge is 2.22. The average Bonchev–Trinajstić information content (AvgIpc) is 3.14. The van der Waals surface area contributed by atoms with Gasteiger partial charge in [-0.15, -0.1) is 0 Å². The zero-order valence-electron chi connectivity index (χ0n) is 12.5. The summed E-state index contributed by atoms with van der Waals surface area (Å²) in [6, 6.07) is 1.83. The van der Waals surface area contributed by atoms with Crippen LogP contribution >= 0.6 is 15.9 Å². The van der Waals surface area contributed by atoms with Gasteiger partial charge in [-0.05, 0) is 28.9 Å². The maximum Gasteiger partial charge on any atom is 0.270 e. The van der Waals surface area contributed by atoms with Crippen LogP contribution < -0.4 is 11.1 Å². The minimum absolute atomic E-state index is 0.291. The van der Waals surface area contributed by atoms with Gasteiger partial charge >= 0.3 is 0 Å². The van der Waals surface area contributed by atoms with Crippen LogP contribution in [0.3, 0.4) is 0 Å². The predicted molar refractivity (Wildman–Crippen MR) is 88.7 cm³/mol. The van der Waals surface area contributed by atoms with Gasteiger partial charge in [0.1, 0.15) is 17.7 Å². The van der Waals surface area contributed by atoms with Crippen molar-refractivity contribution < 1.29 is 4.79 Å². The Labute approximate surface area is 140 Å². The Balaban J connectivity index is 1.72. The minimum atomic E-state index is -0.636. The van der Waals surface area contributed by atoms with E-state index in [1.165, 1.54) is 6.33 Å². The third-order valence-corrected chi connectivity index (χ3v) is 4.00. The summed E-state index contributed by atoms with van der Waals surface area (Å²) < 4.78 is 2.47. The lowest BCUT2D eigenvalue weighted by Gasteiger charge is -2.24. The van der Waals surface area contributed by atoms with E-state index in [1.807, 2.05) is 19.2 Å². The van der Waals surface area contributed by atoms with Crippen molar-refractivity contribution in [2.45, 2.75) is 19.0 Å². The van der Waals surface area contributed by atoms with Crippen molar-refractivity contribution in [3.05, 3.63) is 41.2 Å². The number of nitrogens with one attached hydrogen (secondary N) is 2. The fourth-order valence-electron chi connectivity index (χ4n) is 2.28. The Morgan fingerprint density at radius 1 is 1.52 bits per heavy atom. The van der Waals surface area contributed by atoms with Gasteiger partial charge in [-0.2, -0.15) is 5.10 Å². The number of hydrogen-bond acceptors (Lipinski definition) is 5. The van der Waals surface area contributed by atoms with Crippen molar-refractivity contribution >= 4 is 32.9 Å². The van der Waals surface area contributed by atoms with Crippen molar-refractivity contribution in [1.82, 2.24) is 30.0 Å². The molecule has 1 atom stereocenters. The molecule has 0 spiro atoms. The summed E-state index contributed by atoms with van der Waals surface area (Å²) in [5.41, 5.74) is 6.50. The van der Waals surface area contributed by atoms with Crippen LogP contribution in [0.5, 0.6) is 0 Å². The van der Waals surface area contributed by atoms with Crippen LogP contribution in [0.15, 0.2) is 35.5 Å². The lowest BCUT2D eigenvalue weighted by molar-refractivity contribution is 0.0939. The van der Waals surface area contributed by atoms with Crippen LogP contribution in [-0.4, -0.2) is 42.7 Å². The molecule has 0 radical (unpaired) electrons. The van der Waals surface area contributed by atoms with Gasteiger partial charge in [0.15, 0.2) is 0 Å². The summed E-state index contributed by atoms with van der Waals surface area (Å²) in [7, 11) is 0. The molecule has 23 heavy (non-hydrogen) atoms. The number of halogens is 1. The molecule has 1 amide bonds. The number of fused-ring (bicyclic) bond motifs is 1. The van der Waals surface area contributed by atoms with Gasteiger partial charge in [-0.1, -0.05) is 0 Å². The van der Waals surface area contributed by atoms with Crippen LogP contribution in [-0.2, 0) is 6.54 Å². The first kappa shape index (κ1) is 15.6. The SMILES string of the molecule is CC(N)(CNC(=O)c1ncnc2[nH]cc(Br)c12)Cn1cccn1. The molecule has 0 saturated heterocycles. The lowest BCUT2D eigenvalue weighted by Crippen LogP contribution is -2.50. The van der Waals surface area contributed by atoms with E-state index >= 15 is 0 Å². The Morgan fingerprint density at radius 3 is 3.09 bits per heavy atom. The Bertz CT molecular complexity index is 825. The fraction of sp³-hybridized carbons (Fsp3) is 0.286. The predicted octanol–water partition coefficient (Wildman–Crippen LogP) is 1.06. The Morgan fingerprint density at radius 2 is 2.35 bits per heavy atom. The van der Waals surface area contributed by atoms with Crippen LogP contribution in [0.25, 0.3) is 11.0 Å². The van der Waals surface area contributed by atoms with Crippen LogP contribution in [0.2, 0.25) is 0 Å². The van der Waals surface area contributed by atoms with Crippen molar-refractivity contribution in [2.75, 3.05) is 6.54 Å². The highest BCUT2D eigenvalue weighted by atomic mass is 79.9. The number of aromatic amines is 1. The molecule has 0 aromatic carbocycles. The maximum atomic E-state index is 12.4. The van der Waals surface area contributed by atoms with Crippen molar-refractivity contribution in [2.24, 2.45) is 5.73 Å². The number of nitrogens with zero attached hydrogens (tertiary/aromatic N) is 4. The Hall–Kier alpha value is -2.26. The van der Waals surface area contributed by atoms with Gasteiger partial charge in [-0.3, -0.25) is 9.48 Å². The molecule has 0 aliphatic heterocycles. The van der Waals surface area contributed by atoms with E-state index in [-0.39, 0.29) is 5.91 Å². The highest BCUT2D eigenvalue weighted by molar-refractivity contribution is 9.10. The number of H-pyrrole nitrogens is 1. The van der Waals surface area contributed by atoms with Crippen molar-refractivity contribution in [3.63, 3.8) is 0 Å². The first-order valence-corrected chi connectivity index (χ1v) is 7.78. The van der Waals surface area contributed by atoms with E-state index in [9.17, 15) is 4.79 Å². The molecule has 1 unspecified atom stereocenters. The van der Waals surface area contributed by atoms with Gasteiger partial charge < -0.3 is 16.0 Å². The van der Waals surface area contributed by atoms with Crippen LogP contribution in [0.4, 0.5) is 0 Å². The summed E-state index contributed by atoms with van der Waals surface area (Å²) >= 11 is 3.39. The van der Waals surface area contributed by atoms with E-state index in [4.69, 9.17) is 5.73 Å². The van der Waals surface area contributed by atoms with E-state index in [1.54, 1.807) is 17.1 Å². The second kappa shape index (κ2) is 6.09. The monoisotopic (exact) mass is 377 g/mol. The average molecular weight is 378 g/mol. The van der Waals surface area contributed by atoms with Gasteiger partial charge in [0.05, 0.1) is 17.5 Å². The first-order chi connectivity index (χ1) is 11.0. The molecule has 3 rings (SSSR count). The number of hydrogen-bond donors (Lipinski definition) is 3. The number of carbonyl (C=O) groups is 1. The number of amides is 1. The molecule has 0 saturated carbocycles. The molecule has 0 bridgehead atoms. The zero-order chi connectivity index (χ0) is 16.4. The van der Waals surface area contributed by atoms with Crippen LogP contribution in [0.1, 0.15) is 17.4 Å². The van der Waals surface area contributed by atoms with E-state index in [0.717, 1.165) is 4.47 Å². The van der Waals surface area contributed by atoms with Crippen molar-refractivity contribution in [1.29, 1.82) is 0 Å². The maximum absolute atomic E-state index is 12.4. The summed E-state index contributed by atoms with van der Waals surface area (Å²) in [5.74, 6) is -0.296. The number of aromatic nitrogens is 5. The number of rotatable bonds is 5. The number of nitrogens with two attached hydrogens (primary N) is 1. The van der Waals surface area contributed by atoms with E-state index in [2.05, 4.69) is 41.3 Å². The van der Waals surface area contributed by atoms with E-state index in [0.29, 0.717) is 29.8 Å². The standard InChI is InChI=1S/C14H16BrN7O/c1-14(16,7-22-4-2-3-21-22)6-18-13(23)11-10-9(15)5-17-12(10)20-8-19-11/h2-5,8H,6-7,16H2,1H3,(H,18,23)(H,17,19,20). The summed E-state index contributed by atoms with van der Waals surface area (Å²) in [5, 5.41) is 7.60. The molecular formula is C14H16BrN7O. The smallest absolute Gasteiger partial charge is 0.270 e. The van der Waals surface area contributed by atoms with Gasteiger partial charge in [0, 0.05) is 29.6 Å². The van der Waals surface area contributed by atoms with Crippen LogP contribution in [0, 0.1) is 0 Å². The van der Waals surface area contributed by atoms with Gasteiger partial charge in [0.2, 0.25) is 0 Å². The van der Waals surface area contributed by atoms with E-state index < -0.39 is 5.54 Å². The second-order valence-corrected chi connectivity index (χ2v) is 6.48. The molecule has 0 aliphatic rings. The van der Waals surface area contributed by atoms with Gasteiger partial charge in [0.25, 0.3) is 5.91 Å². The van der Waals surface area contributed by atoms with Gasteiger partial charge in [-0.25, -0.2) is 9.97 Å². The summed E-state index contributed by atoms with van der Waals surface area (Å²) in [6.07, 6.45) is 6.60. The van der Waals surface area contributed by atoms with Crippen molar-refractivity contribution in [3.8, 4) is 0 Å². The third kappa shape index (κ3) is 3.40. The third-order valence-electron chi connectivity index (χ3n) is 3.37. The summed E-state index contributed by atoms with van der Waals surface area (Å²) in [6.45, 7) is 2.64. The molecular weight excluding hydrogens is 362 g/mol. The molecule has 9 heteroatoms. The zero-order valence-corrected chi connectivity index (χ0v) is 14.0. The molecule has 3 heterocycles. The molecule has 0 aliphatic carbocycles. The molecule has 120 valence electrons. The molecule has 0 fully saturated rings. The molecule has 3 aromatic rings. The fourth-order valence-corrected chi connectivity index (χ4v) is 2.77. The normalized spacial score (nSPS) is 13.9. The highest BCUT2D eigenvalue weighted by Crippen LogP contribution is 2.24. The Kier molecular flexibility index (Phi) is 4.14. The molecule has 3 aromatic heterocycles. The largest absolute Gasteiger partial charge is 0.349 e. The summed E-state index contributed by atoms with van der Waals surface area (Å²) in [4.78, 5) is 23.6. The number of carbonyl (C=O) groups excluding carboxylic acids is 1. The minimum Gasteiger partial charge on any atom is -0.349 e. The topological polar surface area (TPSA) is 115 Å². The lowest BCUT2D eigenvalue weighted by atomic mass is 10.0. The molecule has 8 nitrogen and oxygen atoms in total. The first-order valence-electron chi connectivity index (χ1n) is 6.98.